The van der Waals surface area contributed by atoms with Crippen LogP contribution in [0.25, 0.3) is 0 Å². The lowest BCUT2D eigenvalue weighted by molar-refractivity contribution is -0.122. The summed E-state index contributed by atoms with van der Waals surface area (Å²) >= 11 is 0. The molecule has 7 nitrogen and oxygen atoms in total. The molecule has 0 aromatic heterocycles. The van der Waals surface area contributed by atoms with Crippen LogP contribution in [0.5, 0.6) is 11.5 Å². The normalized spacial score (nSPS) is 12.6. The zero-order valence-corrected chi connectivity index (χ0v) is 17.1. The summed E-state index contributed by atoms with van der Waals surface area (Å²) in [5, 5.41) is 12.7. The molecule has 1 unspecified atom stereocenters. The molecule has 0 bridgehead atoms. The molecule has 152 valence electrons. The Morgan fingerprint density at radius 2 is 1.75 bits per heavy atom. The molecule has 0 fully saturated rings. The van der Waals surface area contributed by atoms with E-state index in [0.29, 0.717) is 25.3 Å². The number of phenolic OH excluding ortho intramolecular Hbond substituents is 1. The fourth-order valence-corrected chi connectivity index (χ4v) is 4.17. The zero-order valence-electron chi connectivity index (χ0n) is 16.3. The Balaban J connectivity index is 2.24. The molecule has 2 rings (SSSR count). The van der Waals surface area contributed by atoms with Gasteiger partial charge in [0, 0.05) is 13.1 Å². The van der Waals surface area contributed by atoms with E-state index in [4.69, 9.17) is 4.74 Å². The van der Waals surface area contributed by atoms with Gasteiger partial charge in [0.2, 0.25) is 10.0 Å². The van der Waals surface area contributed by atoms with Crippen LogP contribution in [0.3, 0.4) is 0 Å². The van der Waals surface area contributed by atoms with E-state index in [-0.39, 0.29) is 16.3 Å². The quantitative estimate of drug-likeness (QED) is 0.624. The molecule has 2 aromatic carbocycles. The van der Waals surface area contributed by atoms with Gasteiger partial charge in [0.15, 0.2) is 6.10 Å². The topological polar surface area (TPSA) is 95.9 Å². The van der Waals surface area contributed by atoms with Crippen molar-refractivity contribution in [3.8, 4) is 11.5 Å². The molecule has 1 atom stereocenters. The van der Waals surface area contributed by atoms with Crippen LogP contribution in [-0.2, 0) is 14.8 Å². The van der Waals surface area contributed by atoms with Gasteiger partial charge in [0.1, 0.15) is 11.5 Å². The number of anilines is 1. The summed E-state index contributed by atoms with van der Waals surface area (Å²) in [6, 6.07) is 12.8. The fourth-order valence-electron chi connectivity index (χ4n) is 2.69. The first-order chi connectivity index (χ1) is 13.3. The van der Waals surface area contributed by atoms with Crippen LogP contribution in [0.1, 0.15) is 27.2 Å². The third kappa shape index (κ3) is 5.02. The number of hydrogen-bond donors (Lipinski definition) is 2. The molecular formula is C20H26N2O5S. The minimum atomic E-state index is -3.71. The summed E-state index contributed by atoms with van der Waals surface area (Å²) in [6.45, 7) is 5.94. The Labute approximate surface area is 166 Å². The summed E-state index contributed by atoms with van der Waals surface area (Å²) in [4.78, 5) is 12.6. The van der Waals surface area contributed by atoms with Gasteiger partial charge in [-0.25, -0.2) is 8.42 Å². The van der Waals surface area contributed by atoms with Gasteiger partial charge in [-0.05, 0) is 36.8 Å². The van der Waals surface area contributed by atoms with Crippen molar-refractivity contribution in [2.45, 2.75) is 38.2 Å². The highest BCUT2D eigenvalue weighted by Gasteiger charge is 2.24. The van der Waals surface area contributed by atoms with Gasteiger partial charge < -0.3 is 15.2 Å². The fraction of sp³-hybridized carbons (Fsp3) is 0.350. The number of carbonyl (C=O) groups excluding carboxylic acids is 1. The number of sulfonamides is 1. The molecule has 0 radical (unpaired) electrons. The molecular weight excluding hydrogens is 380 g/mol. The Bertz CT molecular complexity index is 896. The molecule has 28 heavy (non-hydrogen) atoms. The molecule has 2 aromatic rings. The smallest absolute Gasteiger partial charge is 0.265 e. The van der Waals surface area contributed by atoms with Crippen molar-refractivity contribution in [1.82, 2.24) is 4.31 Å². The SMILES string of the molecule is CCC(Oc1ccccc1)C(=O)Nc1cc(S(=O)(=O)N(CC)CC)ccc1O. The molecule has 0 spiro atoms. The number of phenols is 1. The summed E-state index contributed by atoms with van der Waals surface area (Å²) in [7, 11) is -3.71. The first kappa shape index (κ1) is 21.7. The lowest BCUT2D eigenvalue weighted by Crippen LogP contribution is -2.33. The molecule has 1 amide bonds. The van der Waals surface area contributed by atoms with Gasteiger partial charge in [0.05, 0.1) is 10.6 Å². The van der Waals surface area contributed by atoms with Crippen LogP contribution in [0.15, 0.2) is 53.4 Å². The van der Waals surface area contributed by atoms with Crippen LogP contribution in [-0.4, -0.2) is 42.9 Å². The van der Waals surface area contributed by atoms with Gasteiger partial charge in [-0.1, -0.05) is 39.0 Å². The number of para-hydroxylation sites is 1. The number of nitrogens with one attached hydrogen (secondary N) is 1. The summed E-state index contributed by atoms with van der Waals surface area (Å²) in [5.41, 5.74) is 0.0216. The van der Waals surface area contributed by atoms with Gasteiger partial charge in [0.25, 0.3) is 5.91 Å². The number of nitrogens with zero attached hydrogens (tertiary/aromatic N) is 1. The first-order valence-corrected chi connectivity index (χ1v) is 10.6. The predicted molar refractivity (Wildman–Crippen MR) is 108 cm³/mol. The molecule has 0 aliphatic rings. The second-order valence-electron chi connectivity index (χ2n) is 6.09. The lowest BCUT2D eigenvalue weighted by Gasteiger charge is -2.20. The van der Waals surface area contributed by atoms with Crippen molar-refractivity contribution in [2.75, 3.05) is 18.4 Å². The molecule has 8 heteroatoms. The van der Waals surface area contributed by atoms with Crippen LogP contribution < -0.4 is 10.1 Å². The minimum absolute atomic E-state index is 0.00123. The van der Waals surface area contributed by atoms with Crippen LogP contribution in [0.4, 0.5) is 5.69 Å². The van der Waals surface area contributed by atoms with Crippen LogP contribution in [0.2, 0.25) is 0 Å². The Morgan fingerprint density at radius 1 is 1.11 bits per heavy atom. The molecule has 0 aliphatic carbocycles. The molecule has 2 N–H and O–H groups in total. The van der Waals surface area contributed by atoms with Crippen molar-refractivity contribution in [3.05, 3.63) is 48.5 Å². The minimum Gasteiger partial charge on any atom is -0.506 e. The summed E-state index contributed by atoms with van der Waals surface area (Å²) in [6.07, 6.45) is -0.385. The highest BCUT2D eigenvalue weighted by molar-refractivity contribution is 7.89. The molecule has 0 heterocycles. The van der Waals surface area contributed by atoms with E-state index >= 15 is 0 Å². The van der Waals surface area contributed by atoms with E-state index in [1.165, 1.54) is 22.5 Å². The Kier molecular flexibility index (Phi) is 7.42. The second kappa shape index (κ2) is 9.57. The van der Waals surface area contributed by atoms with Crippen molar-refractivity contribution in [3.63, 3.8) is 0 Å². The average Bonchev–Trinajstić information content (AvgIpc) is 2.69. The first-order valence-electron chi connectivity index (χ1n) is 9.19. The van der Waals surface area contributed by atoms with Gasteiger partial charge in [-0.3, -0.25) is 4.79 Å². The van der Waals surface area contributed by atoms with Crippen molar-refractivity contribution in [2.24, 2.45) is 0 Å². The third-order valence-corrected chi connectivity index (χ3v) is 6.30. The van der Waals surface area contributed by atoms with E-state index < -0.39 is 22.0 Å². The van der Waals surface area contributed by atoms with E-state index in [9.17, 15) is 18.3 Å². The second-order valence-corrected chi connectivity index (χ2v) is 8.02. The van der Waals surface area contributed by atoms with E-state index in [0.717, 1.165) is 0 Å². The number of carbonyl (C=O) groups is 1. The summed E-state index contributed by atoms with van der Waals surface area (Å²) < 4.78 is 32.4. The van der Waals surface area contributed by atoms with Crippen LogP contribution >= 0.6 is 0 Å². The number of ether oxygens (including phenoxy) is 1. The number of hydrogen-bond acceptors (Lipinski definition) is 5. The Hall–Kier alpha value is -2.58. The maximum Gasteiger partial charge on any atom is 0.265 e. The van der Waals surface area contributed by atoms with Gasteiger partial charge in [-0.2, -0.15) is 4.31 Å². The summed E-state index contributed by atoms with van der Waals surface area (Å²) in [5.74, 6) is -0.146. The van der Waals surface area contributed by atoms with Crippen LogP contribution in [0, 0.1) is 0 Å². The predicted octanol–water partition coefficient (Wildman–Crippen LogP) is 3.22. The largest absolute Gasteiger partial charge is 0.506 e. The van der Waals surface area contributed by atoms with E-state index in [2.05, 4.69) is 5.32 Å². The standard InChI is InChI=1S/C20H26N2O5S/c1-4-19(27-15-10-8-7-9-11-15)20(24)21-17-14-16(12-13-18(17)23)28(25,26)22(5-2)6-3/h7-14,19,23H,4-6H2,1-3H3,(H,21,24). The zero-order chi connectivity index (χ0) is 20.7. The number of benzene rings is 2. The number of rotatable bonds is 9. The lowest BCUT2D eigenvalue weighted by atomic mass is 10.2. The van der Waals surface area contributed by atoms with Gasteiger partial charge >= 0.3 is 0 Å². The maximum atomic E-state index is 12.7. The molecule has 0 aliphatic heterocycles. The number of aromatic hydroxyl groups is 1. The highest BCUT2D eigenvalue weighted by atomic mass is 32.2. The molecule has 0 saturated carbocycles. The average molecular weight is 407 g/mol. The third-order valence-electron chi connectivity index (χ3n) is 4.25. The number of amides is 1. The Morgan fingerprint density at radius 3 is 2.32 bits per heavy atom. The molecule has 0 saturated heterocycles. The van der Waals surface area contributed by atoms with E-state index in [1.807, 2.05) is 6.07 Å². The van der Waals surface area contributed by atoms with Gasteiger partial charge in [-0.15, -0.1) is 0 Å². The monoisotopic (exact) mass is 406 g/mol. The van der Waals surface area contributed by atoms with Crippen molar-refractivity contribution in [1.29, 1.82) is 0 Å². The van der Waals surface area contributed by atoms with Crippen molar-refractivity contribution >= 4 is 21.6 Å². The van der Waals surface area contributed by atoms with E-state index in [1.54, 1.807) is 45.0 Å². The van der Waals surface area contributed by atoms with Crippen molar-refractivity contribution < 1.29 is 23.1 Å². The maximum absolute atomic E-state index is 12.7. The highest BCUT2D eigenvalue weighted by Crippen LogP contribution is 2.28.